The predicted octanol–water partition coefficient (Wildman–Crippen LogP) is 3.79. The van der Waals surface area contributed by atoms with Gasteiger partial charge in [-0.05, 0) is 44.0 Å². The minimum absolute atomic E-state index is 0.373. The fourth-order valence-electron chi connectivity index (χ4n) is 0.906. The highest BCUT2D eigenvalue weighted by molar-refractivity contribution is 9.11. The third-order valence-electron chi connectivity index (χ3n) is 1.49. The summed E-state index contributed by atoms with van der Waals surface area (Å²) in [7, 11) is 0. The van der Waals surface area contributed by atoms with E-state index in [-0.39, 0.29) is 0 Å². The Bertz CT molecular complexity index is 408. The van der Waals surface area contributed by atoms with E-state index >= 15 is 0 Å². The molecule has 0 N–H and O–H groups in total. The van der Waals surface area contributed by atoms with Gasteiger partial charge < -0.3 is 9.15 Å². The van der Waals surface area contributed by atoms with Gasteiger partial charge in [0.15, 0.2) is 12.0 Å². The van der Waals surface area contributed by atoms with Crippen LogP contribution in [0.25, 0.3) is 0 Å². The molecule has 0 fully saturated rings. The number of ether oxygens (including phenoxy) is 1. The quantitative estimate of drug-likeness (QED) is 0.845. The van der Waals surface area contributed by atoms with Gasteiger partial charge in [-0.2, -0.15) is 4.98 Å². The highest BCUT2D eigenvalue weighted by Gasteiger charge is 2.08. The van der Waals surface area contributed by atoms with Crippen LogP contribution in [0.1, 0.15) is 0 Å². The fraction of sp³-hybridized carbons (Fsp3) is 0. The third kappa shape index (κ3) is 1.99. The molecule has 1 radical (unpaired) electrons. The second-order valence-corrected chi connectivity index (χ2v) is 4.14. The van der Waals surface area contributed by atoms with Gasteiger partial charge in [0.25, 0.3) is 12.3 Å². The lowest BCUT2D eigenvalue weighted by molar-refractivity contribution is 0.452. The maximum Gasteiger partial charge on any atom is 0.287 e. The first-order valence-corrected chi connectivity index (χ1v) is 5.29. The largest absolute Gasteiger partial charge is 0.437 e. The zero-order valence-corrected chi connectivity index (χ0v) is 10.0. The van der Waals surface area contributed by atoms with Crippen LogP contribution in [0.15, 0.2) is 37.8 Å². The van der Waals surface area contributed by atoms with Crippen LogP contribution in [0.5, 0.6) is 11.6 Å². The number of benzene rings is 1. The first kappa shape index (κ1) is 9.73. The van der Waals surface area contributed by atoms with Crippen LogP contribution >= 0.6 is 31.9 Å². The smallest absolute Gasteiger partial charge is 0.287 e. The average Bonchev–Trinajstić information content (AvgIpc) is 2.64. The molecule has 1 aromatic heterocycles. The minimum Gasteiger partial charge on any atom is -0.437 e. The van der Waals surface area contributed by atoms with E-state index in [9.17, 15) is 0 Å². The normalized spacial score (nSPS) is 10.1. The van der Waals surface area contributed by atoms with Gasteiger partial charge in [-0.1, -0.05) is 6.07 Å². The highest BCUT2D eigenvalue weighted by atomic mass is 79.9. The van der Waals surface area contributed by atoms with Crippen LogP contribution in [0.3, 0.4) is 0 Å². The molecule has 0 amide bonds. The molecule has 0 saturated carbocycles. The molecule has 0 aliphatic rings. The lowest BCUT2D eigenvalue weighted by Crippen LogP contribution is -1.86. The number of rotatable bonds is 2. The van der Waals surface area contributed by atoms with E-state index in [4.69, 9.17) is 4.74 Å². The Labute approximate surface area is 97.4 Å². The van der Waals surface area contributed by atoms with Gasteiger partial charge in [-0.3, -0.25) is 0 Å². The zero-order chi connectivity index (χ0) is 9.97. The van der Waals surface area contributed by atoms with Gasteiger partial charge in [-0.15, -0.1) is 0 Å². The summed E-state index contributed by atoms with van der Waals surface area (Å²) >= 11 is 6.74. The van der Waals surface area contributed by atoms with Crippen molar-refractivity contribution in [2.24, 2.45) is 0 Å². The minimum atomic E-state index is 0.373. The Morgan fingerprint density at radius 3 is 2.57 bits per heavy atom. The van der Waals surface area contributed by atoms with E-state index in [2.05, 4.69) is 47.7 Å². The molecule has 0 aliphatic heterocycles. The van der Waals surface area contributed by atoms with Crippen molar-refractivity contribution in [2.45, 2.75) is 0 Å². The Hall–Kier alpha value is -0.810. The van der Waals surface area contributed by atoms with E-state index in [1.54, 1.807) is 0 Å². The summed E-state index contributed by atoms with van der Waals surface area (Å²) < 4.78 is 11.8. The number of halogens is 2. The Morgan fingerprint density at radius 2 is 2.00 bits per heavy atom. The second-order valence-electron chi connectivity index (χ2n) is 2.43. The van der Waals surface area contributed by atoms with Crippen molar-refractivity contribution in [3.8, 4) is 11.6 Å². The van der Waals surface area contributed by atoms with Crippen LogP contribution in [0.4, 0.5) is 0 Å². The van der Waals surface area contributed by atoms with Crippen LogP contribution in [-0.4, -0.2) is 4.98 Å². The lowest BCUT2D eigenvalue weighted by Gasteiger charge is -2.05. The Kier molecular flexibility index (Phi) is 2.88. The summed E-state index contributed by atoms with van der Waals surface area (Å²) in [6, 6.07) is 5.66. The summed E-state index contributed by atoms with van der Waals surface area (Å²) in [5.41, 5.74) is 0. The number of hydrogen-bond donors (Lipinski definition) is 0. The van der Waals surface area contributed by atoms with Crippen molar-refractivity contribution >= 4 is 31.9 Å². The van der Waals surface area contributed by atoms with Crippen LogP contribution < -0.4 is 4.74 Å². The molecule has 1 aromatic carbocycles. The van der Waals surface area contributed by atoms with Gasteiger partial charge in [0.05, 0.1) is 8.95 Å². The molecule has 2 rings (SSSR count). The van der Waals surface area contributed by atoms with Crippen molar-refractivity contribution in [3.05, 3.63) is 39.8 Å². The molecule has 0 saturated heterocycles. The monoisotopic (exact) mass is 316 g/mol. The number of para-hydroxylation sites is 1. The molecule has 71 valence electrons. The fourth-order valence-corrected chi connectivity index (χ4v) is 2.07. The first-order chi connectivity index (χ1) is 6.77. The van der Waals surface area contributed by atoms with Gasteiger partial charge in [-0.25, -0.2) is 0 Å². The first-order valence-electron chi connectivity index (χ1n) is 3.71. The molecule has 0 aliphatic carbocycles. The standard InChI is InChI=1S/C9H4Br2NO2/c10-6-2-1-3-7(11)9(6)14-8-4-13-5-12-8/h1-4H. The molecule has 0 atom stereocenters. The molecular formula is C9H4Br2NO2. The van der Waals surface area contributed by atoms with Crippen LogP contribution in [0, 0.1) is 6.39 Å². The number of hydrogen-bond acceptors (Lipinski definition) is 3. The third-order valence-corrected chi connectivity index (χ3v) is 2.74. The van der Waals surface area contributed by atoms with Gasteiger partial charge in [0.1, 0.15) is 0 Å². The molecule has 0 unspecified atom stereocenters. The zero-order valence-electron chi connectivity index (χ0n) is 6.83. The topological polar surface area (TPSA) is 35.3 Å². The molecule has 14 heavy (non-hydrogen) atoms. The number of aromatic nitrogens is 1. The number of oxazole rings is 1. The molecule has 3 nitrogen and oxygen atoms in total. The van der Waals surface area contributed by atoms with Crippen molar-refractivity contribution in [1.29, 1.82) is 0 Å². The van der Waals surface area contributed by atoms with Crippen LogP contribution in [0.2, 0.25) is 0 Å². The van der Waals surface area contributed by atoms with Gasteiger partial charge >= 0.3 is 0 Å². The molecule has 0 bridgehead atoms. The Balaban J connectivity index is 2.33. The van der Waals surface area contributed by atoms with Gasteiger partial charge in [0, 0.05) is 0 Å². The van der Waals surface area contributed by atoms with E-state index < -0.39 is 0 Å². The average molecular weight is 318 g/mol. The SMILES string of the molecule is Brc1cccc(Br)c1Oc1co[c]n1. The molecule has 1 heterocycles. The summed E-state index contributed by atoms with van der Waals surface area (Å²) in [5.74, 6) is 1.03. The molecule has 0 spiro atoms. The van der Waals surface area contributed by atoms with Crippen molar-refractivity contribution < 1.29 is 9.15 Å². The molecular weight excluding hydrogens is 314 g/mol. The van der Waals surface area contributed by atoms with E-state index in [1.807, 2.05) is 18.2 Å². The van der Waals surface area contributed by atoms with Crippen LogP contribution in [-0.2, 0) is 0 Å². The van der Waals surface area contributed by atoms with E-state index in [1.165, 1.54) is 6.26 Å². The summed E-state index contributed by atoms with van der Waals surface area (Å²) in [5, 5.41) is 0. The van der Waals surface area contributed by atoms with E-state index in [0.29, 0.717) is 11.6 Å². The maximum atomic E-state index is 5.45. The maximum absolute atomic E-state index is 5.45. The van der Waals surface area contributed by atoms with Crippen molar-refractivity contribution in [3.63, 3.8) is 0 Å². The summed E-state index contributed by atoms with van der Waals surface area (Å²) in [6.45, 7) is 0. The predicted molar refractivity (Wildman–Crippen MR) is 57.3 cm³/mol. The Morgan fingerprint density at radius 1 is 1.29 bits per heavy atom. The van der Waals surface area contributed by atoms with Gasteiger partial charge in [0.2, 0.25) is 0 Å². The summed E-state index contributed by atoms with van der Waals surface area (Å²) in [6.07, 6.45) is 3.69. The van der Waals surface area contributed by atoms with Crippen molar-refractivity contribution in [1.82, 2.24) is 4.98 Å². The number of nitrogens with zero attached hydrogens (tertiary/aromatic N) is 1. The van der Waals surface area contributed by atoms with E-state index in [0.717, 1.165) is 8.95 Å². The second kappa shape index (κ2) is 4.14. The lowest BCUT2D eigenvalue weighted by atomic mass is 10.3. The molecule has 2 aromatic rings. The highest BCUT2D eigenvalue weighted by Crippen LogP contribution is 2.35. The molecule has 5 heteroatoms. The summed E-state index contributed by atoms with van der Waals surface area (Å²) in [4.78, 5) is 3.74. The van der Waals surface area contributed by atoms with Crippen molar-refractivity contribution in [2.75, 3.05) is 0 Å².